The van der Waals surface area contributed by atoms with Crippen molar-refractivity contribution in [3.63, 3.8) is 0 Å². The molecule has 0 aromatic carbocycles. The second-order valence-corrected chi connectivity index (χ2v) is 9.20. The van der Waals surface area contributed by atoms with Crippen LogP contribution in [0.5, 0.6) is 0 Å². The number of hydrogen-bond donors (Lipinski definition) is 5. The van der Waals surface area contributed by atoms with E-state index in [2.05, 4.69) is 23.3 Å². The number of nitrogens with two attached hydrogens (primary N) is 1. The fourth-order valence-corrected chi connectivity index (χ4v) is 3.96. The Morgan fingerprint density at radius 3 is 2.37 bits per heavy atom. The summed E-state index contributed by atoms with van der Waals surface area (Å²) in [5.74, 6) is -1.53. The third kappa shape index (κ3) is 7.99. The molecule has 30 heavy (non-hydrogen) atoms. The summed E-state index contributed by atoms with van der Waals surface area (Å²) >= 11 is 5.54. The highest BCUT2D eigenvalue weighted by Gasteiger charge is 2.38. The van der Waals surface area contributed by atoms with Gasteiger partial charge in [0.05, 0.1) is 6.04 Å². The van der Waals surface area contributed by atoms with Gasteiger partial charge in [-0.05, 0) is 43.6 Å². The van der Waals surface area contributed by atoms with E-state index in [0.717, 1.165) is 0 Å². The standard InChI is InChI=1S/C19H34N4O5S2/c1-11(2)9-14(18(26)23-7-4-5-15(23)19(27)28)22-17(25)13(6-8-30-3)21-16(24)12(20)10-29/h11-15,29H,4-10,20H2,1-3H3,(H,21,24)(H,22,25)(H,27,28). The van der Waals surface area contributed by atoms with Crippen LogP contribution < -0.4 is 16.4 Å². The van der Waals surface area contributed by atoms with Gasteiger partial charge in [-0.25, -0.2) is 4.79 Å². The molecule has 3 amide bonds. The molecular formula is C19H34N4O5S2. The molecule has 4 atom stereocenters. The molecule has 172 valence electrons. The Morgan fingerprint density at radius 1 is 1.20 bits per heavy atom. The molecule has 1 fully saturated rings. The van der Waals surface area contributed by atoms with Crippen LogP contribution in [0.3, 0.4) is 0 Å². The van der Waals surface area contributed by atoms with Gasteiger partial charge in [0.15, 0.2) is 0 Å². The number of thiol groups is 1. The van der Waals surface area contributed by atoms with Gasteiger partial charge < -0.3 is 26.4 Å². The van der Waals surface area contributed by atoms with E-state index in [9.17, 15) is 24.3 Å². The quantitative estimate of drug-likeness (QED) is 0.259. The zero-order chi connectivity index (χ0) is 22.8. The molecule has 0 radical (unpaired) electrons. The third-order valence-corrected chi connectivity index (χ3v) is 5.96. The van der Waals surface area contributed by atoms with E-state index in [1.807, 2.05) is 20.1 Å². The van der Waals surface area contributed by atoms with Crippen LogP contribution in [0.2, 0.25) is 0 Å². The summed E-state index contributed by atoms with van der Waals surface area (Å²) in [6, 6.07) is -3.41. The smallest absolute Gasteiger partial charge is 0.326 e. The van der Waals surface area contributed by atoms with E-state index in [4.69, 9.17) is 5.73 Å². The van der Waals surface area contributed by atoms with Crippen molar-refractivity contribution in [3.8, 4) is 0 Å². The normalized spacial score (nSPS) is 19.3. The Morgan fingerprint density at radius 2 is 1.83 bits per heavy atom. The van der Waals surface area contributed by atoms with E-state index >= 15 is 0 Å². The summed E-state index contributed by atoms with van der Waals surface area (Å²) < 4.78 is 0. The average molecular weight is 463 g/mol. The van der Waals surface area contributed by atoms with Crippen LogP contribution in [0.4, 0.5) is 0 Å². The number of rotatable bonds is 12. The van der Waals surface area contributed by atoms with Gasteiger partial charge in [0, 0.05) is 12.3 Å². The van der Waals surface area contributed by atoms with E-state index < -0.39 is 47.9 Å². The van der Waals surface area contributed by atoms with Gasteiger partial charge in [0.2, 0.25) is 17.7 Å². The predicted molar refractivity (Wildman–Crippen MR) is 121 cm³/mol. The number of carbonyl (C=O) groups excluding carboxylic acids is 3. The number of amides is 3. The third-order valence-electron chi connectivity index (χ3n) is 4.92. The van der Waals surface area contributed by atoms with Gasteiger partial charge in [0.1, 0.15) is 18.1 Å². The molecule has 1 aliphatic heterocycles. The average Bonchev–Trinajstić information content (AvgIpc) is 3.18. The summed E-state index contributed by atoms with van der Waals surface area (Å²) in [5.41, 5.74) is 5.69. The molecule has 0 aliphatic carbocycles. The number of aliphatic carboxylic acids is 1. The molecule has 1 rings (SSSR count). The maximum Gasteiger partial charge on any atom is 0.326 e. The lowest BCUT2D eigenvalue weighted by molar-refractivity contribution is -0.149. The van der Waals surface area contributed by atoms with Gasteiger partial charge in [-0.1, -0.05) is 13.8 Å². The van der Waals surface area contributed by atoms with Gasteiger partial charge in [0.25, 0.3) is 0 Å². The van der Waals surface area contributed by atoms with Crippen molar-refractivity contribution >= 4 is 48.1 Å². The molecule has 4 unspecified atom stereocenters. The molecule has 5 N–H and O–H groups in total. The van der Waals surface area contributed by atoms with Gasteiger partial charge in [-0.2, -0.15) is 24.4 Å². The number of hydrogen-bond acceptors (Lipinski definition) is 7. The topological polar surface area (TPSA) is 142 Å². The number of carboxylic acid groups (broad SMARTS) is 1. The Balaban J connectivity index is 2.96. The van der Waals surface area contributed by atoms with Crippen molar-refractivity contribution in [2.75, 3.05) is 24.3 Å². The molecule has 0 saturated carbocycles. The minimum Gasteiger partial charge on any atom is -0.480 e. The summed E-state index contributed by atoms with van der Waals surface area (Å²) in [4.78, 5) is 51.0. The minimum absolute atomic E-state index is 0.0991. The Kier molecular flexibility index (Phi) is 11.6. The van der Waals surface area contributed by atoms with Gasteiger partial charge >= 0.3 is 5.97 Å². The molecule has 1 saturated heterocycles. The van der Waals surface area contributed by atoms with E-state index in [1.54, 1.807) is 0 Å². The van der Waals surface area contributed by atoms with E-state index in [-0.39, 0.29) is 11.7 Å². The van der Waals surface area contributed by atoms with Crippen LogP contribution in [-0.4, -0.2) is 82.2 Å². The van der Waals surface area contributed by atoms with Gasteiger partial charge in [-0.15, -0.1) is 0 Å². The number of carbonyl (C=O) groups is 4. The molecule has 11 heteroatoms. The molecule has 0 spiro atoms. The minimum atomic E-state index is -1.04. The Hall–Kier alpha value is -1.46. The van der Waals surface area contributed by atoms with Crippen molar-refractivity contribution in [3.05, 3.63) is 0 Å². The molecule has 9 nitrogen and oxygen atoms in total. The number of carboxylic acids is 1. The van der Waals surface area contributed by atoms with Crippen LogP contribution in [0, 0.1) is 5.92 Å². The number of likely N-dealkylation sites (tertiary alicyclic amines) is 1. The van der Waals surface area contributed by atoms with Crippen LogP contribution in [-0.2, 0) is 19.2 Å². The fourth-order valence-electron chi connectivity index (χ4n) is 3.32. The number of thioether (sulfide) groups is 1. The molecule has 0 aromatic heterocycles. The largest absolute Gasteiger partial charge is 0.480 e. The van der Waals surface area contributed by atoms with Crippen molar-refractivity contribution < 1.29 is 24.3 Å². The summed E-state index contributed by atoms with van der Waals surface area (Å²) in [7, 11) is 0. The van der Waals surface area contributed by atoms with Crippen molar-refractivity contribution in [2.45, 2.75) is 63.7 Å². The summed E-state index contributed by atoms with van der Waals surface area (Å²) in [5, 5.41) is 14.8. The van der Waals surface area contributed by atoms with Crippen LogP contribution in [0.1, 0.15) is 39.5 Å². The van der Waals surface area contributed by atoms with Crippen molar-refractivity contribution in [1.82, 2.24) is 15.5 Å². The lowest BCUT2D eigenvalue weighted by Gasteiger charge is -2.29. The van der Waals surface area contributed by atoms with Crippen LogP contribution >= 0.6 is 24.4 Å². The molecule has 1 heterocycles. The maximum absolute atomic E-state index is 13.1. The first kappa shape index (κ1) is 26.6. The second kappa shape index (κ2) is 13.1. The first-order valence-electron chi connectivity index (χ1n) is 10.1. The molecule has 0 aromatic rings. The SMILES string of the molecule is CSCCC(NC(=O)C(N)CS)C(=O)NC(CC(C)C)C(=O)N1CCCC1C(=O)O. The van der Waals surface area contributed by atoms with Crippen molar-refractivity contribution in [2.24, 2.45) is 11.7 Å². The fraction of sp³-hybridized carbons (Fsp3) is 0.789. The molecular weight excluding hydrogens is 428 g/mol. The zero-order valence-electron chi connectivity index (χ0n) is 17.8. The lowest BCUT2D eigenvalue weighted by Crippen LogP contribution is -2.57. The van der Waals surface area contributed by atoms with Gasteiger partial charge in [-0.3, -0.25) is 14.4 Å². The van der Waals surface area contributed by atoms with E-state index in [1.165, 1.54) is 16.7 Å². The van der Waals surface area contributed by atoms with Crippen molar-refractivity contribution in [1.29, 1.82) is 0 Å². The monoisotopic (exact) mass is 462 g/mol. The van der Waals surface area contributed by atoms with E-state index in [0.29, 0.717) is 38.0 Å². The molecule has 0 bridgehead atoms. The predicted octanol–water partition coefficient (Wildman–Crippen LogP) is 0.0879. The Bertz CT molecular complexity index is 620. The first-order valence-corrected chi connectivity index (χ1v) is 12.1. The maximum atomic E-state index is 13.1. The Labute approximate surface area is 187 Å². The second-order valence-electron chi connectivity index (χ2n) is 7.85. The molecule has 1 aliphatic rings. The summed E-state index contributed by atoms with van der Waals surface area (Å²) in [6.45, 7) is 4.19. The van der Waals surface area contributed by atoms with Crippen LogP contribution in [0.15, 0.2) is 0 Å². The number of nitrogens with one attached hydrogen (secondary N) is 2. The zero-order valence-corrected chi connectivity index (χ0v) is 19.5. The van der Waals surface area contributed by atoms with Crippen LogP contribution in [0.25, 0.3) is 0 Å². The first-order chi connectivity index (χ1) is 14.1. The lowest BCUT2D eigenvalue weighted by atomic mass is 10.0. The highest BCUT2D eigenvalue weighted by molar-refractivity contribution is 7.98. The summed E-state index contributed by atoms with van der Waals surface area (Å²) in [6.07, 6.45) is 3.64. The number of nitrogens with zero attached hydrogens (tertiary/aromatic N) is 1. The highest BCUT2D eigenvalue weighted by atomic mass is 32.2. The highest BCUT2D eigenvalue weighted by Crippen LogP contribution is 2.20.